The van der Waals surface area contributed by atoms with Crippen LogP contribution in [0.5, 0.6) is 5.75 Å². The number of phenolic OH excluding ortho intramolecular Hbond substituents is 1. The first-order valence-electron chi connectivity index (χ1n) is 6.87. The number of rotatable bonds is 2. The van der Waals surface area contributed by atoms with Crippen LogP contribution in [0.1, 0.15) is 0 Å². The van der Waals surface area contributed by atoms with Crippen LogP contribution < -0.4 is 0 Å². The minimum Gasteiger partial charge on any atom is -0.508 e. The zero-order valence-corrected chi connectivity index (χ0v) is 11.6. The van der Waals surface area contributed by atoms with Gasteiger partial charge in [0.1, 0.15) is 5.75 Å². The molecule has 0 atom stereocenters. The zero-order valence-electron chi connectivity index (χ0n) is 11.6. The first-order chi connectivity index (χ1) is 10.8. The molecule has 5 nitrogen and oxygen atoms in total. The van der Waals surface area contributed by atoms with Gasteiger partial charge in [0, 0.05) is 5.56 Å². The third-order valence-electron chi connectivity index (χ3n) is 3.65. The first kappa shape index (κ1) is 12.5. The molecule has 0 amide bonds. The fourth-order valence-corrected chi connectivity index (χ4v) is 2.51. The Kier molecular flexibility index (Phi) is 2.83. The van der Waals surface area contributed by atoms with Crippen LogP contribution in [0.3, 0.4) is 0 Å². The molecule has 0 saturated heterocycles. The van der Waals surface area contributed by atoms with E-state index < -0.39 is 0 Å². The van der Waals surface area contributed by atoms with E-state index in [2.05, 4.69) is 26.7 Å². The number of nitrogens with one attached hydrogen (secondary N) is 1. The summed E-state index contributed by atoms with van der Waals surface area (Å²) in [6.45, 7) is 0. The summed E-state index contributed by atoms with van der Waals surface area (Å²) in [4.78, 5) is 0. The van der Waals surface area contributed by atoms with E-state index in [0.717, 1.165) is 27.5 Å². The summed E-state index contributed by atoms with van der Waals surface area (Å²) in [5, 5.41) is 25.6. The van der Waals surface area contributed by atoms with Crippen LogP contribution in [0.2, 0.25) is 0 Å². The number of nitrogens with zero attached hydrogens (tertiary/aromatic N) is 3. The van der Waals surface area contributed by atoms with E-state index in [1.807, 2.05) is 42.5 Å². The average Bonchev–Trinajstić information content (AvgIpc) is 3.09. The highest BCUT2D eigenvalue weighted by atomic mass is 16.3. The van der Waals surface area contributed by atoms with E-state index in [1.54, 1.807) is 12.1 Å². The van der Waals surface area contributed by atoms with Crippen molar-refractivity contribution in [3.63, 3.8) is 0 Å². The summed E-state index contributed by atoms with van der Waals surface area (Å²) in [5.74, 6) is 0.866. The second kappa shape index (κ2) is 4.96. The van der Waals surface area contributed by atoms with Crippen molar-refractivity contribution < 1.29 is 5.11 Å². The van der Waals surface area contributed by atoms with Crippen molar-refractivity contribution in [3.05, 3.63) is 60.7 Å². The monoisotopic (exact) mass is 288 g/mol. The summed E-state index contributed by atoms with van der Waals surface area (Å²) in [6, 6.07) is 19.6. The van der Waals surface area contributed by atoms with Crippen molar-refractivity contribution in [3.8, 4) is 28.3 Å². The number of H-pyrrole nitrogens is 1. The lowest BCUT2D eigenvalue weighted by Gasteiger charge is -2.05. The normalized spacial score (nSPS) is 10.9. The molecular formula is C17H12N4O. The molecule has 4 aromatic rings. The van der Waals surface area contributed by atoms with Gasteiger partial charge < -0.3 is 5.11 Å². The predicted molar refractivity (Wildman–Crippen MR) is 84.2 cm³/mol. The van der Waals surface area contributed by atoms with Gasteiger partial charge in [0.25, 0.3) is 0 Å². The summed E-state index contributed by atoms with van der Waals surface area (Å²) in [6.07, 6.45) is 0. The Morgan fingerprint density at radius 2 is 1.41 bits per heavy atom. The van der Waals surface area contributed by atoms with Gasteiger partial charge in [-0.25, -0.2) is 0 Å². The lowest BCUT2D eigenvalue weighted by atomic mass is 10.00. The number of hydrogen-bond acceptors (Lipinski definition) is 4. The van der Waals surface area contributed by atoms with Gasteiger partial charge >= 0.3 is 0 Å². The van der Waals surface area contributed by atoms with Crippen LogP contribution in [0.25, 0.3) is 33.3 Å². The number of aromatic hydroxyl groups is 1. The number of aromatic nitrogens is 4. The molecular weight excluding hydrogens is 276 g/mol. The van der Waals surface area contributed by atoms with Crippen molar-refractivity contribution in [2.24, 2.45) is 0 Å². The van der Waals surface area contributed by atoms with Crippen LogP contribution in [0.15, 0.2) is 60.7 Å². The molecule has 0 aliphatic carbocycles. The number of hydrogen-bond donors (Lipinski definition) is 2. The Bertz CT molecular complexity index is 931. The Labute approximate surface area is 126 Å². The van der Waals surface area contributed by atoms with E-state index in [1.165, 1.54) is 0 Å². The summed E-state index contributed by atoms with van der Waals surface area (Å²) in [5.41, 5.74) is 3.16. The van der Waals surface area contributed by atoms with Gasteiger partial charge in [-0.05, 0) is 45.3 Å². The Morgan fingerprint density at radius 3 is 2.18 bits per heavy atom. The van der Waals surface area contributed by atoms with Crippen LogP contribution in [-0.4, -0.2) is 25.7 Å². The molecule has 4 rings (SSSR count). The van der Waals surface area contributed by atoms with Crippen molar-refractivity contribution in [2.75, 3.05) is 0 Å². The highest BCUT2D eigenvalue weighted by Crippen LogP contribution is 2.27. The van der Waals surface area contributed by atoms with Crippen molar-refractivity contribution in [1.82, 2.24) is 20.6 Å². The molecule has 1 heterocycles. The lowest BCUT2D eigenvalue weighted by molar-refractivity contribution is 0.476. The third kappa shape index (κ3) is 2.18. The van der Waals surface area contributed by atoms with E-state index in [-0.39, 0.29) is 5.75 Å². The van der Waals surface area contributed by atoms with Crippen molar-refractivity contribution in [1.29, 1.82) is 0 Å². The van der Waals surface area contributed by atoms with Crippen molar-refractivity contribution >= 4 is 10.8 Å². The molecule has 1 aromatic heterocycles. The molecule has 0 saturated carbocycles. The van der Waals surface area contributed by atoms with Crippen LogP contribution in [0, 0.1) is 0 Å². The molecule has 0 spiro atoms. The zero-order chi connectivity index (χ0) is 14.9. The van der Waals surface area contributed by atoms with Crippen LogP contribution in [0.4, 0.5) is 0 Å². The number of tetrazole rings is 1. The van der Waals surface area contributed by atoms with Gasteiger partial charge in [-0.2, -0.15) is 5.21 Å². The summed E-state index contributed by atoms with van der Waals surface area (Å²) >= 11 is 0. The predicted octanol–water partition coefficient (Wildman–Crippen LogP) is 3.39. The molecule has 22 heavy (non-hydrogen) atoms. The molecule has 3 aromatic carbocycles. The first-order valence-corrected chi connectivity index (χ1v) is 6.87. The molecule has 2 N–H and O–H groups in total. The number of aromatic amines is 1. The average molecular weight is 288 g/mol. The van der Waals surface area contributed by atoms with E-state index in [9.17, 15) is 5.11 Å². The molecule has 5 heteroatoms. The fraction of sp³-hybridized carbons (Fsp3) is 0. The number of phenols is 1. The Morgan fingerprint density at radius 1 is 0.727 bits per heavy atom. The third-order valence-corrected chi connectivity index (χ3v) is 3.65. The summed E-state index contributed by atoms with van der Waals surface area (Å²) < 4.78 is 0. The molecule has 0 bridgehead atoms. The SMILES string of the molecule is Oc1ccc2cc(-c3ccc(-c4nn[nH]n4)cc3)ccc2c1. The maximum Gasteiger partial charge on any atom is 0.204 e. The van der Waals surface area contributed by atoms with Crippen LogP contribution in [-0.2, 0) is 0 Å². The fourth-order valence-electron chi connectivity index (χ4n) is 2.51. The summed E-state index contributed by atoms with van der Waals surface area (Å²) in [7, 11) is 0. The largest absolute Gasteiger partial charge is 0.508 e. The molecule has 0 aliphatic heterocycles. The molecule has 0 radical (unpaired) electrons. The number of fused-ring (bicyclic) bond motifs is 1. The molecule has 106 valence electrons. The molecule has 0 aliphatic rings. The minimum absolute atomic E-state index is 0.282. The second-order valence-corrected chi connectivity index (χ2v) is 5.06. The molecule has 0 unspecified atom stereocenters. The van der Waals surface area contributed by atoms with Gasteiger partial charge in [-0.3, -0.25) is 0 Å². The molecule has 0 fully saturated rings. The highest BCUT2D eigenvalue weighted by Gasteiger charge is 2.04. The van der Waals surface area contributed by atoms with E-state index >= 15 is 0 Å². The quantitative estimate of drug-likeness (QED) is 0.593. The smallest absolute Gasteiger partial charge is 0.204 e. The van der Waals surface area contributed by atoms with Gasteiger partial charge in [-0.1, -0.05) is 42.5 Å². The topological polar surface area (TPSA) is 74.7 Å². The van der Waals surface area contributed by atoms with Gasteiger partial charge in [0.05, 0.1) is 0 Å². The standard InChI is InChI=1S/C17H12N4O/c22-16-8-7-14-9-13(5-6-15(14)10-16)11-1-3-12(4-2-11)17-18-20-21-19-17/h1-10,22H,(H,18,19,20,21). The minimum atomic E-state index is 0.282. The highest BCUT2D eigenvalue weighted by molar-refractivity contribution is 5.88. The maximum absolute atomic E-state index is 9.52. The van der Waals surface area contributed by atoms with Gasteiger partial charge in [-0.15, -0.1) is 10.2 Å². The maximum atomic E-state index is 9.52. The van der Waals surface area contributed by atoms with E-state index in [4.69, 9.17) is 0 Å². The lowest BCUT2D eigenvalue weighted by Crippen LogP contribution is -1.83. The number of benzene rings is 3. The van der Waals surface area contributed by atoms with Gasteiger partial charge in [0.15, 0.2) is 0 Å². The second-order valence-electron chi connectivity index (χ2n) is 5.06. The van der Waals surface area contributed by atoms with Crippen molar-refractivity contribution in [2.45, 2.75) is 0 Å². The van der Waals surface area contributed by atoms with Gasteiger partial charge in [0.2, 0.25) is 5.82 Å². The van der Waals surface area contributed by atoms with Crippen LogP contribution >= 0.6 is 0 Å². The van der Waals surface area contributed by atoms with E-state index in [0.29, 0.717) is 5.82 Å². The Balaban J connectivity index is 1.73. The Hall–Kier alpha value is -3.21.